The van der Waals surface area contributed by atoms with E-state index < -0.39 is 17.5 Å². The summed E-state index contributed by atoms with van der Waals surface area (Å²) in [4.78, 5) is 34.6. The van der Waals surface area contributed by atoms with Gasteiger partial charge in [-0.05, 0) is 87.5 Å². The number of esters is 1. The molecule has 0 saturated carbocycles. The van der Waals surface area contributed by atoms with E-state index in [4.69, 9.17) is 15.5 Å². The van der Waals surface area contributed by atoms with E-state index in [-0.39, 0.29) is 0 Å². The lowest BCUT2D eigenvalue weighted by molar-refractivity contribution is -0.127. The van der Waals surface area contributed by atoms with Crippen LogP contribution >= 0.6 is 11.3 Å². The monoisotopic (exact) mass is 491 g/mol. The van der Waals surface area contributed by atoms with Gasteiger partial charge in [-0.25, -0.2) is 14.8 Å². The summed E-state index contributed by atoms with van der Waals surface area (Å²) in [5, 5.41) is 7.59. The molecule has 0 spiro atoms. The first-order chi connectivity index (χ1) is 16.9. The molecule has 0 radical (unpaired) electrons. The lowest BCUT2D eigenvalue weighted by Gasteiger charge is -2.22. The molecule has 3 aromatic rings. The number of primary amides is 1. The predicted octanol–water partition coefficient (Wildman–Crippen LogP) is 3.81. The number of aryl methyl sites for hydroxylation is 1. The number of aromatic nitrogens is 2. The van der Waals surface area contributed by atoms with Gasteiger partial charge < -0.3 is 21.1 Å². The zero-order chi connectivity index (χ0) is 24.4. The largest absolute Gasteiger partial charge is 0.437 e. The van der Waals surface area contributed by atoms with Gasteiger partial charge in [-0.1, -0.05) is 6.07 Å². The minimum atomic E-state index is -1.39. The number of rotatable bonds is 9. The summed E-state index contributed by atoms with van der Waals surface area (Å²) < 4.78 is 6.33. The Kier molecular flexibility index (Phi) is 6.53. The Morgan fingerprint density at radius 2 is 2.20 bits per heavy atom. The normalized spacial score (nSPS) is 18.4. The standard InChI is InChI=1S/C26H29N5O3S/c1-16-14-30-25(29-12-4-6-17-5-3-11-28-15-17)31-22(16)21-13-19-18(7-2-8-20(19)35-21)23(32)34-26(9-10-26)24(27)33/h2,7-10,13-14,17,28H,3-6,11-12,15H2,1H3,(H2,27,33)(H,29,30,31). The van der Waals surface area contributed by atoms with Gasteiger partial charge in [0.2, 0.25) is 11.5 Å². The molecule has 4 N–H and O–H groups in total. The number of anilines is 1. The van der Waals surface area contributed by atoms with Crippen LogP contribution in [0.25, 0.3) is 20.7 Å². The number of benzene rings is 1. The van der Waals surface area contributed by atoms with Crippen LogP contribution in [-0.4, -0.2) is 47.1 Å². The lowest BCUT2D eigenvalue weighted by Crippen LogP contribution is -2.36. The van der Waals surface area contributed by atoms with Gasteiger partial charge in [0.05, 0.1) is 16.1 Å². The maximum atomic E-state index is 12.8. The van der Waals surface area contributed by atoms with Gasteiger partial charge in [0.1, 0.15) is 0 Å². The van der Waals surface area contributed by atoms with E-state index in [0.717, 1.165) is 58.2 Å². The Hall–Kier alpha value is -3.30. The zero-order valence-corrected chi connectivity index (χ0v) is 20.5. The molecule has 1 unspecified atom stereocenters. The number of piperidine rings is 1. The van der Waals surface area contributed by atoms with Crippen molar-refractivity contribution >= 4 is 39.2 Å². The maximum absolute atomic E-state index is 12.8. The molecule has 1 fully saturated rings. The molecular formula is C26H29N5O3S. The fourth-order valence-corrected chi connectivity index (χ4v) is 5.60. The molecule has 2 aromatic heterocycles. The molecule has 5 rings (SSSR count). The molecule has 8 nitrogen and oxygen atoms in total. The molecule has 2 aliphatic rings. The smallest absolute Gasteiger partial charge is 0.340 e. The Morgan fingerprint density at radius 3 is 2.94 bits per heavy atom. The molecule has 1 amide bonds. The summed E-state index contributed by atoms with van der Waals surface area (Å²) in [5.41, 5.74) is 6.15. The van der Waals surface area contributed by atoms with Crippen LogP contribution in [0.2, 0.25) is 0 Å². The Bertz CT molecular complexity index is 1290. The molecule has 1 aromatic carbocycles. The van der Waals surface area contributed by atoms with Gasteiger partial charge in [0.15, 0.2) is 0 Å². The topological polar surface area (TPSA) is 119 Å². The molecule has 35 heavy (non-hydrogen) atoms. The van der Waals surface area contributed by atoms with Crippen LogP contribution < -0.4 is 16.4 Å². The molecular weight excluding hydrogens is 462 g/mol. The lowest BCUT2D eigenvalue weighted by atomic mass is 9.95. The summed E-state index contributed by atoms with van der Waals surface area (Å²) in [6, 6.07) is 7.40. The van der Waals surface area contributed by atoms with E-state index in [1.807, 2.05) is 25.3 Å². The second-order valence-corrected chi connectivity index (χ2v) is 10.3. The van der Waals surface area contributed by atoms with E-state index in [1.165, 1.54) is 31.4 Å². The van der Waals surface area contributed by atoms with E-state index in [1.54, 1.807) is 23.5 Å². The summed E-state index contributed by atoms with van der Waals surface area (Å²) in [6.45, 7) is 5.06. The van der Waals surface area contributed by atoms with Gasteiger partial charge in [0, 0.05) is 22.8 Å². The third-order valence-corrected chi connectivity index (χ3v) is 7.68. The van der Waals surface area contributed by atoms with E-state index in [0.29, 0.717) is 11.5 Å². The molecule has 0 bridgehead atoms. The van der Waals surface area contributed by atoms with Crippen molar-refractivity contribution in [1.82, 2.24) is 15.3 Å². The molecule has 1 aliphatic carbocycles. The van der Waals surface area contributed by atoms with Crippen molar-refractivity contribution in [2.75, 3.05) is 25.0 Å². The first-order valence-electron chi connectivity index (χ1n) is 12.0. The quantitative estimate of drug-likeness (QED) is 0.237. The highest BCUT2D eigenvalue weighted by molar-refractivity contribution is 7.22. The highest BCUT2D eigenvalue weighted by Gasteiger charge is 2.45. The van der Waals surface area contributed by atoms with Crippen LogP contribution in [0.15, 0.2) is 42.6 Å². The number of hydrogen-bond acceptors (Lipinski definition) is 8. The maximum Gasteiger partial charge on any atom is 0.340 e. The predicted molar refractivity (Wildman–Crippen MR) is 137 cm³/mol. The SMILES string of the molecule is Cc1cnc(NCCCC2CCCNC2)nc1-c1cc2c(C(=O)OC3(C(N)=O)C=C3)cccc2s1. The average molecular weight is 492 g/mol. The van der Waals surface area contributed by atoms with Gasteiger partial charge in [-0.15, -0.1) is 11.3 Å². The summed E-state index contributed by atoms with van der Waals surface area (Å²) in [6.07, 6.45) is 9.63. The summed E-state index contributed by atoms with van der Waals surface area (Å²) in [5.74, 6) is 0.0791. The van der Waals surface area contributed by atoms with Crippen molar-refractivity contribution < 1.29 is 14.3 Å². The van der Waals surface area contributed by atoms with Crippen LogP contribution in [-0.2, 0) is 9.53 Å². The Morgan fingerprint density at radius 1 is 1.34 bits per heavy atom. The van der Waals surface area contributed by atoms with Crippen LogP contribution in [0.3, 0.4) is 0 Å². The van der Waals surface area contributed by atoms with Crippen LogP contribution in [0, 0.1) is 12.8 Å². The summed E-state index contributed by atoms with van der Waals surface area (Å²) in [7, 11) is 0. The molecule has 182 valence electrons. The van der Waals surface area contributed by atoms with Gasteiger partial charge in [-0.3, -0.25) is 4.79 Å². The molecule has 1 aliphatic heterocycles. The average Bonchev–Trinajstić information content (AvgIpc) is 3.52. The minimum absolute atomic E-state index is 0.390. The van der Waals surface area contributed by atoms with E-state index in [9.17, 15) is 9.59 Å². The number of nitrogens with two attached hydrogens (primary N) is 1. The number of nitrogens with zero attached hydrogens (tertiary/aromatic N) is 2. The van der Waals surface area contributed by atoms with Gasteiger partial charge in [0.25, 0.3) is 5.91 Å². The number of carbonyl (C=O) groups is 2. The number of carbonyl (C=O) groups excluding carboxylic acids is 2. The number of amides is 1. The van der Waals surface area contributed by atoms with Crippen molar-refractivity contribution in [3.8, 4) is 10.6 Å². The van der Waals surface area contributed by atoms with Crippen molar-refractivity contribution in [1.29, 1.82) is 0 Å². The number of thiophene rings is 1. The molecule has 1 atom stereocenters. The molecule has 3 heterocycles. The van der Waals surface area contributed by atoms with Crippen molar-refractivity contribution in [3.63, 3.8) is 0 Å². The summed E-state index contributed by atoms with van der Waals surface area (Å²) >= 11 is 1.55. The van der Waals surface area contributed by atoms with Crippen molar-refractivity contribution in [3.05, 3.63) is 53.7 Å². The third kappa shape index (κ3) is 5.06. The first-order valence-corrected chi connectivity index (χ1v) is 12.8. The highest BCUT2D eigenvalue weighted by atomic mass is 32.1. The molecule has 9 heteroatoms. The van der Waals surface area contributed by atoms with Gasteiger partial charge >= 0.3 is 5.97 Å². The number of ether oxygens (including phenoxy) is 1. The van der Waals surface area contributed by atoms with Crippen LogP contribution in [0.5, 0.6) is 0 Å². The van der Waals surface area contributed by atoms with Crippen molar-refractivity contribution in [2.45, 2.75) is 38.2 Å². The van der Waals surface area contributed by atoms with E-state index in [2.05, 4.69) is 15.6 Å². The highest BCUT2D eigenvalue weighted by Crippen LogP contribution is 2.37. The van der Waals surface area contributed by atoms with Gasteiger partial charge in [-0.2, -0.15) is 0 Å². The van der Waals surface area contributed by atoms with E-state index >= 15 is 0 Å². The second kappa shape index (κ2) is 9.75. The first kappa shape index (κ1) is 23.4. The number of hydrogen-bond donors (Lipinski definition) is 3. The number of fused-ring (bicyclic) bond motifs is 1. The second-order valence-electron chi connectivity index (χ2n) is 9.21. The molecule has 1 saturated heterocycles. The Balaban J connectivity index is 1.31. The Labute approximate surface area is 208 Å². The minimum Gasteiger partial charge on any atom is -0.437 e. The third-order valence-electron chi connectivity index (χ3n) is 6.57. The zero-order valence-electron chi connectivity index (χ0n) is 19.7. The van der Waals surface area contributed by atoms with Crippen LogP contribution in [0.1, 0.15) is 41.6 Å². The fraction of sp³-hybridized carbons (Fsp3) is 0.385. The number of nitrogens with one attached hydrogen (secondary N) is 2. The van der Waals surface area contributed by atoms with Crippen LogP contribution in [0.4, 0.5) is 5.95 Å². The van der Waals surface area contributed by atoms with Crippen molar-refractivity contribution in [2.24, 2.45) is 11.7 Å². The fourth-order valence-electron chi connectivity index (χ4n) is 4.46.